The molecule has 0 aliphatic rings. The first kappa shape index (κ1) is 12.6. The van der Waals surface area contributed by atoms with Crippen LogP contribution in [0.1, 0.15) is 22.4 Å². The molecule has 2 rings (SSSR count). The lowest BCUT2D eigenvalue weighted by Gasteiger charge is -2.00. The van der Waals surface area contributed by atoms with E-state index in [2.05, 4.69) is 17.2 Å². The lowest BCUT2D eigenvalue weighted by molar-refractivity contribution is 0.734. The largest absolute Gasteiger partial charge is 0.312 e. The molecule has 1 heterocycles. The summed E-state index contributed by atoms with van der Waals surface area (Å²) in [5.74, 6) is 0. The Morgan fingerprint density at radius 3 is 2.94 bits per heavy atom. The molecule has 0 unspecified atom stereocenters. The van der Waals surface area contributed by atoms with E-state index in [0.29, 0.717) is 0 Å². The highest BCUT2D eigenvalue weighted by Gasteiger charge is 2.05. The van der Waals surface area contributed by atoms with Gasteiger partial charge in [-0.2, -0.15) is 0 Å². The van der Waals surface area contributed by atoms with Crippen LogP contribution in [0, 0.1) is 0 Å². The molecule has 0 radical (unpaired) electrons. The Labute approximate surface area is 111 Å². The van der Waals surface area contributed by atoms with Crippen molar-refractivity contribution in [2.75, 3.05) is 6.54 Å². The molecule has 2 aromatic rings. The molecule has 4 heteroatoms. The quantitative estimate of drug-likeness (QED) is 0.896. The van der Waals surface area contributed by atoms with Gasteiger partial charge in [0.2, 0.25) is 0 Å². The number of benzene rings is 1. The molecule has 0 spiro atoms. The molecule has 0 saturated heterocycles. The van der Waals surface area contributed by atoms with Crippen LogP contribution in [0.25, 0.3) is 0 Å². The van der Waals surface area contributed by atoms with Crippen molar-refractivity contribution < 1.29 is 0 Å². The molecule has 0 aliphatic heterocycles. The van der Waals surface area contributed by atoms with Gasteiger partial charge in [0.05, 0.1) is 5.01 Å². The van der Waals surface area contributed by atoms with Crippen molar-refractivity contribution in [3.05, 3.63) is 50.9 Å². The first-order valence-corrected chi connectivity index (χ1v) is 6.86. The van der Waals surface area contributed by atoms with Crippen LogP contribution in [0.5, 0.6) is 0 Å². The van der Waals surface area contributed by atoms with Gasteiger partial charge in [-0.1, -0.05) is 36.7 Å². The smallest absolute Gasteiger partial charge is 0.0972 e. The summed E-state index contributed by atoms with van der Waals surface area (Å²) in [7, 11) is 0. The predicted octanol–water partition coefficient (Wildman–Crippen LogP) is 3.50. The van der Waals surface area contributed by atoms with Gasteiger partial charge in [-0.15, -0.1) is 11.3 Å². The molecular formula is C13H15ClN2S. The van der Waals surface area contributed by atoms with Crippen LogP contribution in [-0.2, 0) is 13.0 Å². The van der Waals surface area contributed by atoms with Gasteiger partial charge < -0.3 is 5.32 Å². The summed E-state index contributed by atoms with van der Waals surface area (Å²) in [4.78, 5) is 5.70. The van der Waals surface area contributed by atoms with Crippen molar-refractivity contribution in [1.29, 1.82) is 0 Å². The molecule has 0 aliphatic carbocycles. The average Bonchev–Trinajstić information content (AvgIpc) is 2.77. The van der Waals surface area contributed by atoms with Gasteiger partial charge in [0.25, 0.3) is 0 Å². The second-order valence-electron chi connectivity index (χ2n) is 3.77. The minimum absolute atomic E-state index is 0.816. The summed E-state index contributed by atoms with van der Waals surface area (Å²) in [5.41, 5.74) is 1.14. The van der Waals surface area contributed by atoms with E-state index in [1.807, 2.05) is 30.5 Å². The molecule has 0 atom stereocenters. The molecular weight excluding hydrogens is 252 g/mol. The topological polar surface area (TPSA) is 24.9 Å². The molecule has 2 nitrogen and oxygen atoms in total. The van der Waals surface area contributed by atoms with Crippen LogP contribution in [0.2, 0.25) is 5.02 Å². The van der Waals surface area contributed by atoms with Crippen LogP contribution in [0.15, 0.2) is 30.5 Å². The normalized spacial score (nSPS) is 10.7. The van der Waals surface area contributed by atoms with E-state index in [1.54, 1.807) is 11.3 Å². The summed E-state index contributed by atoms with van der Waals surface area (Å²) in [6.45, 7) is 3.99. The van der Waals surface area contributed by atoms with E-state index in [0.717, 1.165) is 35.1 Å². The maximum absolute atomic E-state index is 6.13. The number of rotatable bonds is 5. The van der Waals surface area contributed by atoms with Crippen molar-refractivity contribution >= 4 is 22.9 Å². The van der Waals surface area contributed by atoms with E-state index in [9.17, 15) is 0 Å². The second-order valence-corrected chi connectivity index (χ2v) is 5.38. The third-order valence-electron chi connectivity index (χ3n) is 2.45. The van der Waals surface area contributed by atoms with Gasteiger partial charge >= 0.3 is 0 Å². The average molecular weight is 267 g/mol. The molecule has 0 amide bonds. The number of nitrogens with zero attached hydrogens (tertiary/aromatic N) is 1. The molecule has 0 fully saturated rings. The fraction of sp³-hybridized carbons (Fsp3) is 0.308. The fourth-order valence-corrected chi connectivity index (χ4v) is 2.68. The summed E-state index contributed by atoms with van der Waals surface area (Å²) >= 11 is 7.87. The summed E-state index contributed by atoms with van der Waals surface area (Å²) < 4.78 is 0. The third kappa shape index (κ3) is 3.53. The highest BCUT2D eigenvalue weighted by atomic mass is 35.5. The Hall–Kier alpha value is -0.900. The molecule has 0 saturated carbocycles. The van der Waals surface area contributed by atoms with Crippen LogP contribution in [0.3, 0.4) is 0 Å². The standard InChI is InChI=1S/C13H15ClN2S/c1-2-15-8-11-9-16-13(17-11)7-10-5-3-4-6-12(10)14/h3-6,9,15H,2,7-8H2,1H3. The Morgan fingerprint density at radius 1 is 1.35 bits per heavy atom. The first-order valence-electron chi connectivity index (χ1n) is 5.67. The van der Waals surface area contributed by atoms with E-state index < -0.39 is 0 Å². The lowest BCUT2D eigenvalue weighted by Crippen LogP contribution is -2.10. The van der Waals surface area contributed by atoms with Crippen LogP contribution >= 0.6 is 22.9 Å². The Bertz CT molecular complexity index is 482. The number of aromatic nitrogens is 1. The molecule has 0 bridgehead atoms. The van der Waals surface area contributed by atoms with Gasteiger partial charge in [-0.3, -0.25) is 0 Å². The SMILES string of the molecule is CCNCc1cnc(Cc2ccccc2Cl)s1. The molecule has 1 N–H and O–H groups in total. The summed E-state index contributed by atoms with van der Waals surface area (Å²) in [5, 5.41) is 5.23. The summed E-state index contributed by atoms with van der Waals surface area (Å²) in [6.07, 6.45) is 2.76. The zero-order valence-electron chi connectivity index (χ0n) is 9.74. The van der Waals surface area contributed by atoms with Gasteiger partial charge in [-0.05, 0) is 18.2 Å². The van der Waals surface area contributed by atoms with Gasteiger partial charge in [0.15, 0.2) is 0 Å². The van der Waals surface area contributed by atoms with Crippen LogP contribution < -0.4 is 5.32 Å². The highest BCUT2D eigenvalue weighted by molar-refractivity contribution is 7.11. The van der Waals surface area contributed by atoms with Crippen LogP contribution in [-0.4, -0.2) is 11.5 Å². The Morgan fingerprint density at radius 2 is 2.18 bits per heavy atom. The fourth-order valence-electron chi connectivity index (χ4n) is 1.56. The minimum Gasteiger partial charge on any atom is -0.312 e. The third-order valence-corrected chi connectivity index (χ3v) is 3.82. The van der Waals surface area contributed by atoms with Crippen molar-refractivity contribution in [3.8, 4) is 0 Å². The monoisotopic (exact) mass is 266 g/mol. The molecule has 1 aromatic carbocycles. The Kier molecular flexibility index (Phi) is 4.54. The van der Waals surface area contributed by atoms with E-state index >= 15 is 0 Å². The number of thiazole rings is 1. The van der Waals surface area contributed by atoms with E-state index in [-0.39, 0.29) is 0 Å². The summed E-state index contributed by atoms with van der Waals surface area (Å²) in [6, 6.07) is 7.93. The lowest BCUT2D eigenvalue weighted by atomic mass is 10.2. The number of halogens is 1. The first-order chi connectivity index (χ1) is 8.29. The maximum atomic E-state index is 6.13. The maximum Gasteiger partial charge on any atom is 0.0972 e. The van der Waals surface area contributed by atoms with Gasteiger partial charge in [0.1, 0.15) is 0 Å². The second kappa shape index (κ2) is 6.15. The van der Waals surface area contributed by atoms with Gasteiger partial charge in [-0.25, -0.2) is 4.98 Å². The number of hydrogen-bond acceptors (Lipinski definition) is 3. The van der Waals surface area contributed by atoms with E-state index in [1.165, 1.54) is 4.88 Å². The van der Waals surface area contributed by atoms with Crippen molar-refractivity contribution in [1.82, 2.24) is 10.3 Å². The van der Waals surface area contributed by atoms with Gasteiger partial charge in [0, 0.05) is 29.1 Å². The van der Waals surface area contributed by atoms with Crippen molar-refractivity contribution in [2.24, 2.45) is 0 Å². The minimum atomic E-state index is 0.816. The molecule has 1 aromatic heterocycles. The Balaban J connectivity index is 2.04. The molecule has 90 valence electrons. The zero-order valence-corrected chi connectivity index (χ0v) is 11.3. The number of nitrogens with one attached hydrogen (secondary N) is 1. The van der Waals surface area contributed by atoms with E-state index in [4.69, 9.17) is 11.6 Å². The zero-order chi connectivity index (χ0) is 12.1. The van der Waals surface area contributed by atoms with Crippen LogP contribution in [0.4, 0.5) is 0 Å². The predicted molar refractivity (Wildman–Crippen MR) is 73.8 cm³/mol. The number of hydrogen-bond donors (Lipinski definition) is 1. The van der Waals surface area contributed by atoms with Crippen molar-refractivity contribution in [2.45, 2.75) is 19.9 Å². The highest BCUT2D eigenvalue weighted by Crippen LogP contribution is 2.21. The van der Waals surface area contributed by atoms with Crippen molar-refractivity contribution in [3.63, 3.8) is 0 Å². The molecule has 17 heavy (non-hydrogen) atoms.